The number of nitrogens with zero attached hydrogens (tertiary/aromatic N) is 2. The molecule has 128 valence electrons. The van der Waals surface area contributed by atoms with Crippen LogP contribution in [-0.4, -0.2) is 67.9 Å². The van der Waals surface area contributed by atoms with Crippen LogP contribution >= 0.6 is 12.4 Å². The maximum Gasteiger partial charge on any atom is 0.253 e. The zero-order valence-electron chi connectivity index (χ0n) is 13.8. The van der Waals surface area contributed by atoms with Crippen molar-refractivity contribution in [1.82, 2.24) is 15.1 Å². The second-order valence-corrected chi connectivity index (χ2v) is 5.85. The Hall–Kier alpha value is -1.63. The number of hydrogen-bond acceptors (Lipinski definition) is 4. The molecular formula is C16H25ClN4O2. The topological polar surface area (TPSA) is 64.7 Å². The third-order valence-corrected chi connectivity index (χ3v) is 3.79. The lowest BCUT2D eigenvalue weighted by atomic mass is 10.1. The first-order valence-electron chi connectivity index (χ1n) is 7.53. The molecule has 0 radical (unpaired) electrons. The number of halogens is 1. The molecule has 1 aromatic carbocycles. The zero-order chi connectivity index (χ0) is 16.1. The highest BCUT2D eigenvalue weighted by molar-refractivity contribution is 5.97. The van der Waals surface area contributed by atoms with Crippen LogP contribution in [0.5, 0.6) is 0 Å². The molecule has 1 fully saturated rings. The van der Waals surface area contributed by atoms with Gasteiger partial charge in [0.25, 0.3) is 5.91 Å². The fourth-order valence-corrected chi connectivity index (χ4v) is 2.49. The van der Waals surface area contributed by atoms with Gasteiger partial charge in [0.05, 0.1) is 6.54 Å². The molecule has 7 heteroatoms. The number of piperazine rings is 1. The van der Waals surface area contributed by atoms with Crippen molar-refractivity contribution in [3.63, 3.8) is 0 Å². The maximum absolute atomic E-state index is 12.2. The predicted molar refractivity (Wildman–Crippen MR) is 94.2 cm³/mol. The third kappa shape index (κ3) is 5.49. The first kappa shape index (κ1) is 19.4. The number of rotatable bonds is 4. The van der Waals surface area contributed by atoms with Gasteiger partial charge in [0.15, 0.2) is 0 Å². The zero-order valence-corrected chi connectivity index (χ0v) is 14.7. The number of carbonyl (C=O) groups excluding carboxylic acids is 2. The maximum atomic E-state index is 12.2. The van der Waals surface area contributed by atoms with Crippen molar-refractivity contribution in [3.8, 4) is 0 Å². The fourth-order valence-electron chi connectivity index (χ4n) is 2.49. The van der Waals surface area contributed by atoms with Crippen LogP contribution < -0.4 is 10.6 Å². The average molecular weight is 341 g/mol. The lowest BCUT2D eigenvalue weighted by Crippen LogP contribution is -2.51. The highest BCUT2D eigenvalue weighted by Gasteiger charge is 2.20. The van der Waals surface area contributed by atoms with Crippen LogP contribution in [-0.2, 0) is 4.79 Å². The number of hydrogen-bond donors (Lipinski definition) is 2. The van der Waals surface area contributed by atoms with Gasteiger partial charge < -0.3 is 15.5 Å². The molecule has 6 nitrogen and oxygen atoms in total. The Morgan fingerprint density at radius 1 is 1.39 bits per heavy atom. The fraction of sp³-hybridized carbons (Fsp3) is 0.500. The number of carbonyl (C=O) groups is 2. The molecule has 1 aliphatic rings. The standard InChI is InChI=1S/C16H24N4O2.ClH/c1-12-10-17-7-8-20(12)11-15(21)18-14-6-4-5-13(9-14)16(22)19(2)3;/h4-6,9,12,17H,7-8,10-11H2,1-3H3,(H,18,21);1H/t12-;/m0./s1. The normalized spacial score (nSPS) is 18.0. The molecule has 2 amide bonds. The summed E-state index contributed by atoms with van der Waals surface area (Å²) in [5.41, 5.74) is 1.22. The van der Waals surface area contributed by atoms with E-state index in [1.807, 2.05) is 0 Å². The van der Waals surface area contributed by atoms with Gasteiger partial charge in [-0.1, -0.05) is 6.07 Å². The molecule has 0 aliphatic carbocycles. The van der Waals surface area contributed by atoms with Crippen molar-refractivity contribution in [2.45, 2.75) is 13.0 Å². The molecule has 0 spiro atoms. The van der Waals surface area contributed by atoms with Crippen LogP contribution in [0, 0.1) is 0 Å². The largest absolute Gasteiger partial charge is 0.345 e. The van der Waals surface area contributed by atoms with Crippen LogP contribution in [0.1, 0.15) is 17.3 Å². The first-order chi connectivity index (χ1) is 10.5. The summed E-state index contributed by atoms with van der Waals surface area (Å²) in [6.45, 7) is 5.16. The Balaban J connectivity index is 0.00000264. The van der Waals surface area contributed by atoms with E-state index in [4.69, 9.17) is 0 Å². The molecule has 1 atom stereocenters. The lowest BCUT2D eigenvalue weighted by Gasteiger charge is -2.33. The van der Waals surface area contributed by atoms with Gasteiger partial charge in [0.1, 0.15) is 0 Å². The summed E-state index contributed by atoms with van der Waals surface area (Å²) in [5.74, 6) is -0.130. The van der Waals surface area contributed by atoms with Crippen molar-refractivity contribution < 1.29 is 9.59 Å². The lowest BCUT2D eigenvalue weighted by molar-refractivity contribution is -0.118. The summed E-state index contributed by atoms with van der Waals surface area (Å²) in [6.07, 6.45) is 0. The summed E-state index contributed by atoms with van der Waals surface area (Å²) in [5, 5.41) is 6.17. The summed E-state index contributed by atoms with van der Waals surface area (Å²) >= 11 is 0. The van der Waals surface area contributed by atoms with E-state index < -0.39 is 0 Å². The van der Waals surface area contributed by atoms with Crippen LogP contribution in [0.3, 0.4) is 0 Å². The molecule has 0 saturated carbocycles. The minimum Gasteiger partial charge on any atom is -0.345 e. The highest BCUT2D eigenvalue weighted by Crippen LogP contribution is 2.12. The van der Waals surface area contributed by atoms with Crippen LogP contribution in [0.2, 0.25) is 0 Å². The van der Waals surface area contributed by atoms with Gasteiger partial charge in [-0.2, -0.15) is 0 Å². The minimum absolute atomic E-state index is 0. The monoisotopic (exact) mass is 340 g/mol. The molecule has 0 unspecified atom stereocenters. The number of benzene rings is 1. The van der Waals surface area contributed by atoms with E-state index in [-0.39, 0.29) is 24.2 Å². The average Bonchev–Trinajstić information content (AvgIpc) is 2.49. The van der Waals surface area contributed by atoms with Gasteiger partial charge in [-0.3, -0.25) is 14.5 Å². The summed E-state index contributed by atoms with van der Waals surface area (Å²) in [4.78, 5) is 27.8. The molecule has 1 heterocycles. The Labute approximate surface area is 143 Å². The number of amides is 2. The second kappa shape index (κ2) is 8.86. The van der Waals surface area contributed by atoms with Gasteiger partial charge in [-0.25, -0.2) is 0 Å². The van der Waals surface area contributed by atoms with Gasteiger partial charge in [-0.15, -0.1) is 12.4 Å². The molecule has 0 bridgehead atoms. The minimum atomic E-state index is -0.0770. The van der Waals surface area contributed by atoms with Gasteiger partial charge in [0, 0.05) is 51.0 Å². The van der Waals surface area contributed by atoms with E-state index in [1.165, 1.54) is 4.90 Å². The van der Waals surface area contributed by atoms with E-state index in [0.29, 0.717) is 23.8 Å². The third-order valence-electron chi connectivity index (χ3n) is 3.79. The molecule has 1 aromatic rings. The second-order valence-electron chi connectivity index (χ2n) is 5.85. The van der Waals surface area contributed by atoms with Gasteiger partial charge in [-0.05, 0) is 25.1 Å². The molecule has 23 heavy (non-hydrogen) atoms. The molecule has 2 rings (SSSR count). The van der Waals surface area contributed by atoms with Crippen molar-refractivity contribution in [2.24, 2.45) is 0 Å². The van der Waals surface area contributed by atoms with E-state index in [2.05, 4.69) is 22.5 Å². The quantitative estimate of drug-likeness (QED) is 0.859. The Kier molecular flexibility index (Phi) is 7.48. The van der Waals surface area contributed by atoms with Crippen molar-refractivity contribution in [2.75, 3.05) is 45.6 Å². The van der Waals surface area contributed by atoms with Crippen LogP contribution in [0.15, 0.2) is 24.3 Å². The van der Waals surface area contributed by atoms with Crippen LogP contribution in [0.4, 0.5) is 5.69 Å². The predicted octanol–water partition coefficient (Wildman–Crippen LogP) is 1.04. The number of nitrogens with one attached hydrogen (secondary N) is 2. The SMILES string of the molecule is C[C@H]1CNCCN1CC(=O)Nc1cccc(C(=O)N(C)C)c1.Cl. The Bertz CT molecular complexity index is 551. The van der Waals surface area contributed by atoms with Crippen molar-refractivity contribution in [3.05, 3.63) is 29.8 Å². The number of anilines is 1. The summed E-state index contributed by atoms with van der Waals surface area (Å²) in [6, 6.07) is 7.38. The summed E-state index contributed by atoms with van der Waals surface area (Å²) in [7, 11) is 3.42. The van der Waals surface area contributed by atoms with E-state index in [0.717, 1.165) is 19.6 Å². The van der Waals surface area contributed by atoms with Crippen molar-refractivity contribution >= 4 is 29.9 Å². The molecule has 1 aliphatic heterocycles. The Morgan fingerprint density at radius 3 is 2.78 bits per heavy atom. The van der Waals surface area contributed by atoms with E-state index >= 15 is 0 Å². The van der Waals surface area contributed by atoms with E-state index in [9.17, 15) is 9.59 Å². The first-order valence-corrected chi connectivity index (χ1v) is 7.53. The van der Waals surface area contributed by atoms with Crippen LogP contribution in [0.25, 0.3) is 0 Å². The van der Waals surface area contributed by atoms with Crippen molar-refractivity contribution in [1.29, 1.82) is 0 Å². The molecular weight excluding hydrogens is 316 g/mol. The molecule has 1 saturated heterocycles. The summed E-state index contributed by atoms with van der Waals surface area (Å²) < 4.78 is 0. The van der Waals surface area contributed by atoms with E-state index in [1.54, 1.807) is 38.4 Å². The Morgan fingerprint density at radius 2 is 2.13 bits per heavy atom. The molecule has 0 aromatic heterocycles. The smallest absolute Gasteiger partial charge is 0.253 e. The van der Waals surface area contributed by atoms with Gasteiger partial charge in [0.2, 0.25) is 5.91 Å². The van der Waals surface area contributed by atoms with Gasteiger partial charge >= 0.3 is 0 Å². The highest BCUT2D eigenvalue weighted by atomic mass is 35.5. The molecule has 2 N–H and O–H groups in total.